The Labute approximate surface area is 204 Å². The van der Waals surface area contributed by atoms with Crippen LogP contribution in [0.15, 0.2) is 53.9 Å². The summed E-state index contributed by atoms with van der Waals surface area (Å²) < 4.78 is 5.37. The van der Waals surface area contributed by atoms with Crippen molar-refractivity contribution in [1.82, 2.24) is 15.2 Å². The van der Waals surface area contributed by atoms with E-state index in [1.807, 2.05) is 65.7 Å². The van der Waals surface area contributed by atoms with Crippen molar-refractivity contribution in [2.75, 3.05) is 32.1 Å². The van der Waals surface area contributed by atoms with Gasteiger partial charge in [0.15, 0.2) is 0 Å². The van der Waals surface area contributed by atoms with Crippen LogP contribution in [0.2, 0.25) is 0 Å². The highest BCUT2D eigenvalue weighted by molar-refractivity contribution is 7.10. The van der Waals surface area contributed by atoms with E-state index in [4.69, 9.17) is 4.74 Å². The molecular formula is C26H30N4O3S. The molecule has 1 fully saturated rings. The third-order valence-electron chi connectivity index (χ3n) is 5.97. The lowest BCUT2D eigenvalue weighted by Gasteiger charge is -2.31. The van der Waals surface area contributed by atoms with Gasteiger partial charge in [-0.3, -0.25) is 4.79 Å². The van der Waals surface area contributed by atoms with Crippen molar-refractivity contribution in [3.8, 4) is 16.9 Å². The van der Waals surface area contributed by atoms with Gasteiger partial charge in [-0.15, -0.1) is 11.3 Å². The van der Waals surface area contributed by atoms with Gasteiger partial charge in [-0.05, 0) is 37.0 Å². The summed E-state index contributed by atoms with van der Waals surface area (Å²) in [5, 5.41) is 8.72. The quantitative estimate of drug-likeness (QED) is 0.478. The number of benzene rings is 2. The van der Waals surface area contributed by atoms with E-state index in [1.54, 1.807) is 7.11 Å². The average Bonchev–Trinajstić information content (AvgIpc) is 3.38. The van der Waals surface area contributed by atoms with Crippen LogP contribution in [-0.4, -0.2) is 48.6 Å². The molecule has 0 unspecified atom stereocenters. The summed E-state index contributed by atoms with van der Waals surface area (Å²) in [7, 11) is 1.61. The van der Waals surface area contributed by atoms with E-state index < -0.39 is 0 Å². The maximum absolute atomic E-state index is 13.1. The van der Waals surface area contributed by atoms with E-state index >= 15 is 0 Å². The molecule has 0 saturated carbocycles. The third kappa shape index (κ3) is 5.56. The summed E-state index contributed by atoms with van der Waals surface area (Å²) in [5.74, 6) is 0.687. The number of nitrogens with one attached hydrogen (secondary N) is 2. The van der Waals surface area contributed by atoms with Gasteiger partial charge in [-0.2, -0.15) is 0 Å². The molecule has 0 bridgehead atoms. The molecule has 4 rings (SSSR count). The smallest absolute Gasteiger partial charge is 0.317 e. The van der Waals surface area contributed by atoms with Crippen LogP contribution in [0.1, 0.15) is 47.6 Å². The average molecular weight is 479 g/mol. The van der Waals surface area contributed by atoms with Crippen LogP contribution in [0, 0.1) is 0 Å². The lowest BCUT2D eigenvalue weighted by molar-refractivity contribution is 0.102. The summed E-state index contributed by atoms with van der Waals surface area (Å²) in [6.07, 6.45) is 2.62. The highest BCUT2D eigenvalue weighted by atomic mass is 32.1. The highest BCUT2D eigenvalue weighted by Gasteiger charge is 2.26. The van der Waals surface area contributed by atoms with E-state index in [1.165, 1.54) is 11.3 Å². The molecule has 34 heavy (non-hydrogen) atoms. The first-order valence-corrected chi connectivity index (χ1v) is 12.5. The number of likely N-dealkylation sites (tertiary alicyclic amines) is 1. The van der Waals surface area contributed by atoms with Gasteiger partial charge < -0.3 is 20.3 Å². The molecule has 178 valence electrons. The summed E-state index contributed by atoms with van der Waals surface area (Å²) in [6.45, 7) is 4.14. The number of carbonyl (C=O) groups is 2. The van der Waals surface area contributed by atoms with Gasteiger partial charge >= 0.3 is 6.03 Å². The Morgan fingerprint density at radius 3 is 2.62 bits per heavy atom. The van der Waals surface area contributed by atoms with E-state index in [9.17, 15) is 9.59 Å². The summed E-state index contributed by atoms with van der Waals surface area (Å²) >= 11 is 1.51. The number of nitrogens with zero attached hydrogens (tertiary/aromatic N) is 2. The molecule has 3 amide bonds. The summed E-state index contributed by atoms with van der Waals surface area (Å²) in [5.41, 5.74) is 3.01. The number of hydrogen-bond donors (Lipinski definition) is 2. The maximum atomic E-state index is 13.1. The molecule has 8 heteroatoms. The molecule has 2 heterocycles. The minimum Gasteiger partial charge on any atom is -0.497 e. The number of ether oxygens (including phenoxy) is 1. The minimum atomic E-state index is -0.246. The van der Waals surface area contributed by atoms with Crippen LogP contribution in [-0.2, 0) is 0 Å². The second-order valence-electron chi connectivity index (χ2n) is 8.30. The van der Waals surface area contributed by atoms with Crippen LogP contribution in [0.3, 0.4) is 0 Å². The first-order chi connectivity index (χ1) is 16.6. The Hall–Kier alpha value is -3.39. The fraction of sp³-hybridized carbons (Fsp3) is 0.346. The Bertz CT molecular complexity index is 1120. The molecule has 3 aromatic rings. The summed E-state index contributed by atoms with van der Waals surface area (Å²) in [6, 6.07) is 15.6. The number of carbonyl (C=O) groups excluding carboxylic acids is 2. The molecule has 1 aliphatic rings. The Kier molecular flexibility index (Phi) is 7.80. The largest absolute Gasteiger partial charge is 0.497 e. The predicted molar refractivity (Wildman–Crippen MR) is 136 cm³/mol. The van der Waals surface area contributed by atoms with E-state index in [-0.39, 0.29) is 17.9 Å². The molecular weight excluding hydrogens is 448 g/mol. The Morgan fingerprint density at radius 1 is 1.15 bits per heavy atom. The molecule has 1 saturated heterocycles. The van der Waals surface area contributed by atoms with Crippen LogP contribution in [0.4, 0.5) is 10.5 Å². The summed E-state index contributed by atoms with van der Waals surface area (Å²) in [4.78, 5) is 31.8. The molecule has 2 aromatic carbocycles. The normalized spacial score (nSPS) is 14.0. The van der Waals surface area contributed by atoms with Gasteiger partial charge in [0.05, 0.1) is 17.8 Å². The molecule has 1 aromatic heterocycles. The topological polar surface area (TPSA) is 83.6 Å². The molecule has 0 aliphatic carbocycles. The van der Waals surface area contributed by atoms with Gasteiger partial charge in [0.25, 0.3) is 5.91 Å². The van der Waals surface area contributed by atoms with Crippen molar-refractivity contribution in [1.29, 1.82) is 0 Å². The van der Waals surface area contributed by atoms with Crippen molar-refractivity contribution >= 4 is 29.0 Å². The Morgan fingerprint density at radius 2 is 1.91 bits per heavy atom. The molecule has 0 radical (unpaired) electrons. The van der Waals surface area contributed by atoms with Crippen molar-refractivity contribution in [3.63, 3.8) is 0 Å². The standard InChI is InChI=1S/C26H30N4O3S/c1-3-13-27-26(32)30-14-11-19(12-15-30)25-29-23(17-34-25)24(31)28-22-16-20(33-2)9-10-21(22)18-7-5-4-6-8-18/h4-10,16-17,19H,3,11-15H2,1-2H3,(H,27,32)(H,28,31). The number of rotatable bonds is 7. The monoisotopic (exact) mass is 478 g/mol. The molecule has 1 aliphatic heterocycles. The molecule has 2 N–H and O–H groups in total. The van der Waals surface area contributed by atoms with Crippen molar-refractivity contribution in [2.45, 2.75) is 32.1 Å². The second-order valence-corrected chi connectivity index (χ2v) is 9.19. The zero-order valence-electron chi connectivity index (χ0n) is 19.5. The van der Waals surface area contributed by atoms with Crippen LogP contribution < -0.4 is 15.4 Å². The number of amides is 3. The zero-order chi connectivity index (χ0) is 23.9. The van der Waals surface area contributed by atoms with Crippen LogP contribution in [0.5, 0.6) is 5.75 Å². The second kappa shape index (κ2) is 11.2. The lowest BCUT2D eigenvalue weighted by atomic mass is 9.98. The number of aromatic nitrogens is 1. The SMILES string of the molecule is CCCNC(=O)N1CCC(c2nc(C(=O)Nc3cc(OC)ccc3-c3ccccc3)cs2)CC1. The minimum absolute atomic E-state index is 0.00650. The van der Waals surface area contributed by atoms with Crippen molar-refractivity contribution in [2.24, 2.45) is 0 Å². The van der Waals surface area contributed by atoms with E-state index in [0.717, 1.165) is 35.4 Å². The van der Waals surface area contributed by atoms with Gasteiger partial charge in [0.2, 0.25) is 0 Å². The van der Waals surface area contributed by atoms with E-state index in [2.05, 4.69) is 15.6 Å². The number of anilines is 1. The fourth-order valence-electron chi connectivity index (χ4n) is 4.06. The first-order valence-electron chi connectivity index (χ1n) is 11.6. The van der Waals surface area contributed by atoms with Gasteiger partial charge in [0, 0.05) is 42.6 Å². The molecule has 0 atom stereocenters. The number of hydrogen-bond acceptors (Lipinski definition) is 5. The molecule has 7 nitrogen and oxygen atoms in total. The number of urea groups is 1. The lowest BCUT2D eigenvalue weighted by Crippen LogP contribution is -2.44. The third-order valence-corrected chi connectivity index (χ3v) is 6.98. The molecule has 0 spiro atoms. The highest BCUT2D eigenvalue weighted by Crippen LogP contribution is 2.33. The van der Waals surface area contributed by atoms with Gasteiger partial charge in [-0.1, -0.05) is 37.3 Å². The van der Waals surface area contributed by atoms with Gasteiger partial charge in [-0.25, -0.2) is 9.78 Å². The van der Waals surface area contributed by atoms with Crippen molar-refractivity contribution < 1.29 is 14.3 Å². The van der Waals surface area contributed by atoms with Crippen LogP contribution >= 0.6 is 11.3 Å². The fourth-order valence-corrected chi connectivity index (χ4v) is 5.03. The number of thiazole rings is 1. The number of piperidine rings is 1. The first kappa shape index (κ1) is 23.8. The number of methoxy groups -OCH3 is 1. The van der Waals surface area contributed by atoms with E-state index in [0.29, 0.717) is 36.8 Å². The zero-order valence-corrected chi connectivity index (χ0v) is 20.4. The maximum Gasteiger partial charge on any atom is 0.317 e. The predicted octanol–water partition coefficient (Wildman–Crippen LogP) is 5.37. The van der Waals surface area contributed by atoms with Crippen molar-refractivity contribution in [3.05, 3.63) is 64.6 Å². The van der Waals surface area contributed by atoms with Gasteiger partial charge in [0.1, 0.15) is 11.4 Å². The Balaban J connectivity index is 1.43. The van der Waals surface area contributed by atoms with Crippen LogP contribution in [0.25, 0.3) is 11.1 Å².